The summed E-state index contributed by atoms with van der Waals surface area (Å²) in [6, 6.07) is 12.3. The summed E-state index contributed by atoms with van der Waals surface area (Å²) in [7, 11) is 3.39. The van der Waals surface area contributed by atoms with Crippen molar-refractivity contribution in [1.82, 2.24) is 24.9 Å². The van der Waals surface area contributed by atoms with Crippen LogP contribution < -0.4 is 5.32 Å². The number of piperidine rings is 1. The largest absolute Gasteiger partial charge is 0.345 e. The van der Waals surface area contributed by atoms with Crippen LogP contribution in [0.25, 0.3) is 11.5 Å². The number of carbonyl (C=O) groups excluding carboxylic acids is 2. The lowest BCUT2D eigenvalue weighted by Crippen LogP contribution is -2.40. The summed E-state index contributed by atoms with van der Waals surface area (Å²) in [6.45, 7) is 1.15. The highest BCUT2D eigenvalue weighted by atomic mass is 16.5. The first-order valence-electron chi connectivity index (χ1n) is 10.1. The third-order valence-electron chi connectivity index (χ3n) is 5.23. The normalized spacial score (nSPS) is 14.3. The predicted octanol–water partition coefficient (Wildman–Crippen LogP) is 3.24. The number of rotatable bonds is 4. The quantitative estimate of drug-likeness (QED) is 0.695. The van der Waals surface area contributed by atoms with Crippen molar-refractivity contribution >= 4 is 17.6 Å². The SMILES string of the molecule is CN(C)C(=O)c1cccc(NC(=O)N2CCC(c3nc(-c4ccccn4)no3)CC2)c1. The average Bonchev–Trinajstić information content (AvgIpc) is 3.30. The first kappa shape index (κ1) is 20.5. The van der Waals surface area contributed by atoms with E-state index in [0.29, 0.717) is 41.7 Å². The molecule has 0 bridgehead atoms. The predicted molar refractivity (Wildman–Crippen MR) is 115 cm³/mol. The van der Waals surface area contributed by atoms with Crippen molar-refractivity contribution in [1.29, 1.82) is 0 Å². The minimum absolute atomic E-state index is 0.107. The molecule has 1 aliphatic rings. The van der Waals surface area contributed by atoms with Gasteiger partial charge in [0.2, 0.25) is 11.7 Å². The Hall–Kier alpha value is -3.75. The molecule has 1 fully saturated rings. The van der Waals surface area contributed by atoms with Crippen LogP contribution in [0.2, 0.25) is 0 Å². The molecule has 0 aliphatic carbocycles. The van der Waals surface area contributed by atoms with E-state index in [4.69, 9.17) is 4.52 Å². The molecule has 9 heteroatoms. The monoisotopic (exact) mass is 420 g/mol. The number of benzene rings is 1. The van der Waals surface area contributed by atoms with E-state index in [1.54, 1.807) is 49.5 Å². The molecule has 1 N–H and O–H groups in total. The van der Waals surface area contributed by atoms with Crippen molar-refractivity contribution in [3.05, 3.63) is 60.1 Å². The Bertz CT molecular complexity index is 1060. The Kier molecular flexibility index (Phi) is 5.92. The van der Waals surface area contributed by atoms with Gasteiger partial charge in [0.15, 0.2) is 0 Å². The third-order valence-corrected chi connectivity index (χ3v) is 5.23. The van der Waals surface area contributed by atoms with E-state index in [-0.39, 0.29) is 17.9 Å². The molecule has 0 spiro atoms. The van der Waals surface area contributed by atoms with Gasteiger partial charge in [0.1, 0.15) is 5.69 Å². The van der Waals surface area contributed by atoms with Gasteiger partial charge in [-0.05, 0) is 43.2 Å². The van der Waals surface area contributed by atoms with Crippen LogP contribution in [0.1, 0.15) is 35.0 Å². The van der Waals surface area contributed by atoms with Gasteiger partial charge in [-0.3, -0.25) is 9.78 Å². The zero-order chi connectivity index (χ0) is 21.8. The maximum atomic E-state index is 12.7. The Balaban J connectivity index is 1.34. The summed E-state index contributed by atoms with van der Waals surface area (Å²) in [5, 5.41) is 6.92. The minimum Gasteiger partial charge on any atom is -0.345 e. The Labute approximate surface area is 180 Å². The van der Waals surface area contributed by atoms with Crippen LogP contribution in [-0.4, -0.2) is 64.0 Å². The topological polar surface area (TPSA) is 104 Å². The first-order chi connectivity index (χ1) is 15.0. The highest BCUT2D eigenvalue weighted by molar-refractivity contribution is 5.96. The molecular weight excluding hydrogens is 396 g/mol. The minimum atomic E-state index is -0.187. The van der Waals surface area contributed by atoms with E-state index in [1.165, 1.54) is 4.90 Å². The molecule has 0 saturated carbocycles. The number of nitrogens with one attached hydrogen (secondary N) is 1. The molecule has 31 heavy (non-hydrogen) atoms. The highest BCUT2D eigenvalue weighted by Crippen LogP contribution is 2.28. The van der Waals surface area contributed by atoms with Gasteiger partial charge in [0.05, 0.1) is 0 Å². The number of nitrogens with zero attached hydrogens (tertiary/aromatic N) is 5. The van der Waals surface area contributed by atoms with Gasteiger partial charge in [0.25, 0.3) is 5.91 Å². The van der Waals surface area contributed by atoms with Crippen LogP contribution in [0.15, 0.2) is 53.2 Å². The zero-order valence-electron chi connectivity index (χ0n) is 17.5. The van der Waals surface area contributed by atoms with Crippen LogP contribution in [0, 0.1) is 0 Å². The molecular formula is C22H24N6O3. The van der Waals surface area contributed by atoms with Gasteiger partial charge < -0.3 is 19.6 Å². The lowest BCUT2D eigenvalue weighted by Gasteiger charge is -2.30. The Morgan fingerprint density at radius 2 is 1.94 bits per heavy atom. The molecule has 2 aromatic heterocycles. The lowest BCUT2D eigenvalue weighted by molar-refractivity contribution is 0.0827. The molecule has 0 unspecified atom stereocenters. The maximum Gasteiger partial charge on any atom is 0.321 e. The molecule has 0 radical (unpaired) electrons. The summed E-state index contributed by atoms with van der Waals surface area (Å²) >= 11 is 0. The smallest absolute Gasteiger partial charge is 0.321 e. The average molecular weight is 420 g/mol. The number of urea groups is 1. The number of anilines is 1. The molecule has 3 heterocycles. The van der Waals surface area contributed by atoms with Gasteiger partial charge in [-0.1, -0.05) is 17.3 Å². The van der Waals surface area contributed by atoms with E-state index in [2.05, 4.69) is 20.4 Å². The van der Waals surface area contributed by atoms with E-state index in [1.807, 2.05) is 18.2 Å². The standard InChI is InChI=1S/C22H24N6O3/c1-27(2)21(29)16-6-5-7-17(14-16)24-22(30)28-12-9-15(10-13-28)20-25-19(26-31-20)18-8-3-4-11-23-18/h3-8,11,14-15H,9-10,12-13H2,1-2H3,(H,24,30). The summed E-state index contributed by atoms with van der Waals surface area (Å²) in [6.07, 6.45) is 3.15. The summed E-state index contributed by atoms with van der Waals surface area (Å²) in [5.41, 5.74) is 1.79. The van der Waals surface area contributed by atoms with Crippen molar-refractivity contribution in [2.45, 2.75) is 18.8 Å². The van der Waals surface area contributed by atoms with Crippen LogP contribution in [0.3, 0.4) is 0 Å². The fourth-order valence-corrected chi connectivity index (χ4v) is 3.52. The molecule has 160 valence electrons. The fourth-order valence-electron chi connectivity index (χ4n) is 3.52. The Morgan fingerprint density at radius 3 is 2.65 bits per heavy atom. The number of hydrogen-bond donors (Lipinski definition) is 1. The van der Waals surface area contributed by atoms with Crippen molar-refractivity contribution in [2.24, 2.45) is 0 Å². The second-order valence-corrected chi connectivity index (χ2v) is 7.64. The Morgan fingerprint density at radius 1 is 1.13 bits per heavy atom. The van der Waals surface area contributed by atoms with Crippen LogP contribution >= 0.6 is 0 Å². The second kappa shape index (κ2) is 8.95. The van der Waals surface area contributed by atoms with E-state index in [9.17, 15) is 9.59 Å². The molecule has 3 aromatic rings. The van der Waals surface area contributed by atoms with E-state index in [0.717, 1.165) is 12.8 Å². The maximum absolute atomic E-state index is 12.7. The van der Waals surface area contributed by atoms with Crippen LogP contribution in [0.4, 0.5) is 10.5 Å². The van der Waals surface area contributed by atoms with Gasteiger partial charge in [0, 0.05) is 50.6 Å². The number of likely N-dealkylation sites (tertiary alicyclic amines) is 1. The zero-order valence-corrected chi connectivity index (χ0v) is 17.5. The lowest BCUT2D eigenvalue weighted by atomic mass is 9.97. The van der Waals surface area contributed by atoms with Gasteiger partial charge in [-0.25, -0.2) is 4.79 Å². The molecule has 1 aliphatic heterocycles. The van der Waals surface area contributed by atoms with Crippen molar-refractivity contribution in [3.63, 3.8) is 0 Å². The molecule has 1 saturated heterocycles. The molecule has 1 aromatic carbocycles. The van der Waals surface area contributed by atoms with Gasteiger partial charge in [-0.2, -0.15) is 4.98 Å². The van der Waals surface area contributed by atoms with E-state index >= 15 is 0 Å². The fraction of sp³-hybridized carbons (Fsp3) is 0.318. The number of pyridine rings is 1. The highest BCUT2D eigenvalue weighted by Gasteiger charge is 2.28. The number of hydrogen-bond acceptors (Lipinski definition) is 6. The van der Waals surface area contributed by atoms with Crippen LogP contribution in [-0.2, 0) is 0 Å². The van der Waals surface area contributed by atoms with E-state index < -0.39 is 0 Å². The summed E-state index contributed by atoms with van der Waals surface area (Å²) < 4.78 is 5.45. The number of carbonyl (C=O) groups is 2. The van der Waals surface area contributed by atoms with Crippen molar-refractivity contribution < 1.29 is 14.1 Å². The summed E-state index contributed by atoms with van der Waals surface area (Å²) in [5.74, 6) is 1.05. The van der Waals surface area contributed by atoms with Gasteiger partial charge in [-0.15, -0.1) is 0 Å². The molecule has 3 amide bonds. The molecule has 0 atom stereocenters. The molecule has 4 rings (SSSR count). The molecule has 9 nitrogen and oxygen atoms in total. The number of aromatic nitrogens is 3. The second-order valence-electron chi connectivity index (χ2n) is 7.64. The van der Waals surface area contributed by atoms with Crippen molar-refractivity contribution in [2.75, 3.05) is 32.5 Å². The summed E-state index contributed by atoms with van der Waals surface area (Å²) in [4.78, 5) is 36.8. The van der Waals surface area contributed by atoms with Gasteiger partial charge >= 0.3 is 6.03 Å². The third kappa shape index (κ3) is 4.71. The number of amides is 3. The van der Waals surface area contributed by atoms with Crippen LogP contribution in [0.5, 0.6) is 0 Å². The first-order valence-corrected chi connectivity index (χ1v) is 10.1. The van der Waals surface area contributed by atoms with Crippen molar-refractivity contribution in [3.8, 4) is 11.5 Å².